The van der Waals surface area contributed by atoms with Crippen LogP contribution in [0.15, 0.2) is 53.5 Å². The van der Waals surface area contributed by atoms with Gasteiger partial charge in [0.15, 0.2) is 0 Å². The average molecular weight is 439 g/mol. The summed E-state index contributed by atoms with van der Waals surface area (Å²) in [6.07, 6.45) is 7.83. The summed E-state index contributed by atoms with van der Waals surface area (Å²) in [6, 6.07) is 4.57. The lowest BCUT2D eigenvalue weighted by Crippen LogP contribution is -2.43. The summed E-state index contributed by atoms with van der Waals surface area (Å²) in [5.41, 5.74) is 1.10. The predicted molar refractivity (Wildman–Crippen MR) is 117 cm³/mol. The number of carbonyl (C=O) groups excluding carboxylic acids is 1. The fourth-order valence-electron chi connectivity index (χ4n) is 3.54. The Bertz CT molecular complexity index is 1040. The fraction of sp³-hybridized carbons (Fsp3) is 0.375. The van der Waals surface area contributed by atoms with Crippen molar-refractivity contribution in [3.63, 3.8) is 0 Å². The summed E-state index contributed by atoms with van der Waals surface area (Å²) >= 11 is 0. The molecule has 0 atom stereocenters. The third-order valence-electron chi connectivity index (χ3n) is 5.28. The van der Waals surface area contributed by atoms with Gasteiger partial charge in [0.1, 0.15) is 5.76 Å². The lowest BCUT2D eigenvalue weighted by atomic mass is 9.88. The molecule has 0 spiro atoms. The number of hydrogen-bond acceptors (Lipinski definition) is 6. The molecular formula is C24H28N3O5+. The number of ether oxygens (including phenoxy) is 2. The molecule has 1 saturated carbocycles. The molecule has 4 N–H and O–H groups in total. The molecule has 1 amide bonds. The van der Waals surface area contributed by atoms with Gasteiger partial charge in [-0.1, -0.05) is 11.8 Å². The Morgan fingerprint density at radius 1 is 1.31 bits per heavy atom. The lowest BCUT2D eigenvalue weighted by molar-refractivity contribution is -0.907. The number of nitrogens with one attached hydrogen (secondary N) is 2. The number of amides is 1. The first kappa shape index (κ1) is 23.1. The van der Waals surface area contributed by atoms with E-state index in [-0.39, 0.29) is 29.3 Å². The maximum Gasteiger partial charge on any atom is 0.417 e. The molecule has 1 aromatic heterocycles. The van der Waals surface area contributed by atoms with Crippen LogP contribution in [0.4, 0.5) is 0 Å². The number of hydrogen-bond donors (Lipinski definition) is 4. The van der Waals surface area contributed by atoms with Crippen molar-refractivity contribution in [1.29, 1.82) is 5.41 Å². The Kier molecular flexibility index (Phi) is 7.68. The summed E-state index contributed by atoms with van der Waals surface area (Å²) in [4.78, 5) is 12.8. The van der Waals surface area contributed by atoms with Crippen molar-refractivity contribution < 1.29 is 29.3 Å². The molecule has 2 aliphatic carbocycles. The average Bonchev–Trinajstić information content (AvgIpc) is 2.78. The zero-order chi connectivity index (χ0) is 23.1. The normalized spacial score (nSPS) is 21.7. The molecule has 0 unspecified atom stereocenters. The number of methoxy groups -OCH3 is 1. The molecule has 2 aliphatic rings. The van der Waals surface area contributed by atoms with Crippen molar-refractivity contribution in [2.24, 2.45) is 5.92 Å². The van der Waals surface area contributed by atoms with E-state index in [0.29, 0.717) is 28.4 Å². The van der Waals surface area contributed by atoms with Crippen LogP contribution in [-0.4, -0.2) is 41.8 Å². The Hall–Kier alpha value is -3.57. The SMILES string of the molecule is CCOC1=CC(=N)/C(=C\C#CC2CCC(O)CC2)C=C1NC(=O)c1cccc(OC)[n+]1O. The number of pyridine rings is 1. The van der Waals surface area contributed by atoms with Gasteiger partial charge in [0.25, 0.3) is 0 Å². The number of rotatable bonds is 5. The highest BCUT2D eigenvalue weighted by Crippen LogP contribution is 2.24. The molecule has 8 nitrogen and oxygen atoms in total. The number of aliphatic hydroxyl groups excluding tert-OH is 1. The highest BCUT2D eigenvalue weighted by molar-refractivity contribution is 6.11. The van der Waals surface area contributed by atoms with Crippen molar-refractivity contribution in [3.05, 3.63) is 59.2 Å². The van der Waals surface area contributed by atoms with E-state index in [1.54, 1.807) is 18.2 Å². The van der Waals surface area contributed by atoms with E-state index in [2.05, 4.69) is 17.2 Å². The molecular weight excluding hydrogens is 410 g/mol. The van der Waals surface area contributed by atoms with Crippen LogP contribution in [0.3, 0.4) is 0 Å². The monoisotopic (exact) mass is 438 g/mol. The first-order chi connectivity index (χ1) is 15.4. The summed E-state index contributed by atoms with van der Waals surface area (Å²) < 4.78 is 11.3. The van der Waals surface area contributed by atoms with E-state index in [1.165, 1.54) is 25.3 Å². The highest BCUT2D eigenvalue weighted by atomic mass is 16.5. The zero-order valence-corrected chi connectivity index (χ0v) is 18.2. The van der Waals surface area contributed by atoms with Gasteiger partial charge in [-0.15, -0.1) is 0 Å². The van der Waals surface area contributed by atoms with Crippen molar-refractivity contribution in [2.45, 2.75) is 38.7 Å². The molecule has 8 heteroatoms. The van der Waals surface area contributed by atoms with Crippen LogP contribution in [-0.2, 0) is 4.74 Å². The minimum absolute atomic E-state index is 0.0217. The Balaban J connectivity index is 1.82. The fourth-order valence-corrected chi connectivity index (χ4v) is 3.54. The molecule has 0 radical (unpaired) electrons. The summed E-state index contributed by atoms with van der Waals surface area (Å²) in [6.45, 7) is 2.17. The highest BCUT2D eigenvalue weighted by Gasteiger charge is 2.27. The molecule has 3 rings (SSSR count). The molecule has 0 saturated heterocycles. The summed E-state index contributed by atoms with van der Waals surface area (Å²) in [5, 5.41) is 30.8. The molecule has 0 bridgehead atoms. The molecule has 1 fully saturated rings. The lowest BCUT2D eigenvalue weighted by Gasteiger charge is -2.21. The maximum atomic E-state index is 12.8. The first-order valence-corrected chi connectivity index (χ1v) is 10.6. The van der Waals surface area contributed by atoms with Crippen molar-refractivity contribution in [2.75, 3.05) is 13.7 Å². The van der Waals surface area contributed by atoms with Gasteiger partial charge in [0.2, 0.25) is 0 Å². The van der Waals surface area contributed by atoms with Crippen LogP contribution >= 0.6 is 0 Å². The standard InChI is InChI=1S/C24H27N3O5/c1-3-32-22-15-19(25)17(7-4-6-16-10-12-18(28)13-11-16)14-20(22)26-24(29)21-8-5-9-23(31-2)27(21)30/h5,7-9,14-16,18,25,28H,3,10-13H2,1-2H3,(H-,26,29,30)/p+1/b17-7-,25-19?. The number of nitrogens with zero attached hydrogens (tertiary/aromatic N) is 1. The third kappa shape index (κ3) is 5.56. The summed E-state index contributed by atoms with van der Waals surface area (Å²) in [5.74, 6) is 6.35. The third-order valence-corrected chi connectivity index (χ3v) is 5.28. The quantitative estimate of drug-likeness (QED) is 0.320. The Labute approximate surface area is 187 Å². The van der Waals surface area contributed by atoms with Gasteiger partial charge in [0, 0.05) is 23.6 Å². The van der Waals surface area contributed by atoms with Crippen molar-refractivity contribution in [1.82, 2.24) is 5.32 Å². The van der Waals surface area contributed by atoms with Gasteiger partial charge < -0.3 is 25.3 Å². The molecule has 32 heavy (non-hydrogen) atoms. The van der Waals surface area contributed by atoms with Gasteiger partial charge >= 0.3 is 17.5 Å². The van der Waals surface area contributed by atoms with Gasteiger partial charge in [-0.3, -0.25) is 10.0 Å². The largest absolute Gasteiger partial charge is 0.492 e. The van der Waals surface area contributed by atoms with E-state index in [1.807, 2.05) is 6.92 Å². The Morgan fingerprint density at radius 2 is 2.06 bits per heavy atom. The maximum absolute atomic E-state index is 12.8. The smallest absolute Gasteiger partial charge is 0.417 e. The van der Waals surface area contributed by atoms with Crippen LogP contribution < -0.4 is 14.8 Å². The number of carbonyl (C=O) groups is 1. The van der Waals surface area contributed by atoms with Gasteiger partial charge in [-0.05, 0) is 50.8 Å². The second kappa shape index (κ2) is 10.6. The predicted octanol–water partition coefficient (Wildman–Crippen LogP) is 2.27. The minimum atomic E-state index is -0.567. The zero-order valence-electron chi connectivity index (χ0n) is 18.2. The molecule has 1 heterocycles. The van der Waals surface area contributed by atoms with Gasteiger partial charge in [-0.25, -0.2) is 0 Å². The van der Waals surface area contributed by atoms with Crippen LogP contribution in [0.5, 0.6) is 5.88 Å². The second-order valence-corrected chi connectivity index (χ2v) is 7.53. The van der Waals surface area contributed by atoms with Crippen LogP contribution in [0.25, 0.3) is 0 Å². The summed E-state index contributed by atoms with van der Waals surface area (Å²) in [7, 11) is 1.39. The van der Waals surface area contributed by atoms with Gasteiger partial charge in [-0.2, -0.15) is 0 Å². The molecule has 0 aliphatic heterocycles. The van der Waals surface area contributed by atoms with E-state index >= 15 is 0 Å². The first-order valence-electron chi connectivity index (χ1n) is 10.6. The Morgan fingerprint density at radius 3 is 2.75 bits per heavy atom. The van der Waals surface area contributed by atoms with Crippen LogP contribution in [0.2, 0.25) is 0 Å². The van der Waals surface area contributed by atoms with Crippen LogP contribution in [0.1, 0.15) is 43.1 Å². The number of aromatic nitrogens is 1. The minimum Gasteiger partial charge on any atom is -0.492 e. The van der Waals surface area contributed by atoms with Gasteiger partial charge in [0.05, 0.1) is 42.0 Å². The van der Waals surface area contributed by atoms with E-state index in [9.17, 15) is 15.1 Å². The van der Waals surface area contributed by atoms with Crippen molar-refractivity contribution >= 4 is 11.6 Å². The molecule has 0 aromatic carbocycles. The second-order valence-electron chi connectivity index (χ2n) is 7.53. The number of aliphatic hydroxyl groups is 1. The topological polar surface area (TPSA) is 116 Å². The number of allylic oxidation sites excluding steroid dienone is 4. The van der Waals surface area contributed by atoms with E-state index < -0.39 is 5.91 Å². The van der Waals surface area contributed by atoms with Crippen LogP contribution in [0, 0.1) is 23.2 Å². The molecule has 1 aromatic rings. The van der Waals surface area contributed by atoms with E-state index in [0.717, 1.165) is 25.7 Å². The molecule has 168 valence electrons. The van der Waals surface area contributed by atoms with E-state index in [4.69, 9.17) is 14.9 Å². The van der Waals surface area contributed by atoms with Crippen molar-refractivity contribution in [3.8, 4) is 17.7 Å².